The van der Waals surface area contributed by atoms with Crippen LogP contribution >= 0.6 is 0 Å². The number of anilines is 1. The fourth-order valence-electron chi connectivity index (χ4n) is 2.40. The molecule has 0 aliphatic heterocycles. The van der Waals surface area contributed by atoms with Gasteiger partial charge in [-0.1, -0.05) is 20.8 Å². The van der Waals surface area contributed by atoms with Crippen LogP contribution in [-0.4, -0.2) is 15.9 Å². The monoisotopic (exact) mass is 273 g/mol. The number of nitro benzene ring substituents is 1. The standard InChI is InChI=1S/C15H19N3O2/c1-4-13(10(2)3)17-14-5-6-15(18(19)20)11-7-8-16-9-12(11)14/h5-10,13,17H,4H2,1-3H3. The van der Waals surface area contributed by atoms with Crippen molar-refractivity contribution < 1.29 is 4.92 Å². The number of hydrogen-bond acceptors (Lipinski definition) is 4. The van der Waals surface area contributed by atoms with E-state index in [0.717, 1.165) is 17.5 Å². The topological polar surface area (TPSA) is 68.1 Å². The van der Waals surface area contributed by atoms with E-state index in [2.05, 4.69) is 31.1 Å². The fourth-order valence-corrected chi connectivity index (χ4v) is 2.40. The van der Waals surface area contributed by atoms with Crippen molar-refractivity contribution in [3.8, 4) is 0 Å². The summed E-state index contributed by atoms with van der Waals surface area (Å²) in [5.74, 6) is 0.488. The highest BCUT2D eigenvalue weighted by molar-refractivity contribution is 5.99. The molecule has 1 atom stereocenters. The van der Waals surface area contributed by atoms with Crippen molar-refractivity contribution in [1.82, 2.24) is 4.98 Å². The highest BCUT2D eigenvalue weighted by Crippen LogP contribution is 2.31. The lowest BCUT2D eigenvalue weighted by Crippen LogP contribution is -2.24. The molecule has 0 fully saturated rings. The summed E-state index contributed by atoms with van der Waals surface area (Å²) in [6.45, 7) is 6.45. The van der Waals surface area contributed by atoms with Crippen molar-refractivity contribution in [2.24, 2.45) is 5.92 Å². The van der Waals surface area contributed by atoms with Gasteiger partial charge in [0.2, 0.25) is 0 Å². The molecule has 20 heavy (non-hydrogen) atoms. The summed E-state index contributed by atoms with van der Waals surface area (Å²) in [7, 11) is 0. The van der Waals surface area contributed by atoms with Crippen LogP contribution in [0.25, 0.3) is 10.8 Å². The number of non-ortho nitro benzene ring substituents is 1. The molecule has 0 aliphatic carbocycles. The van der Waals surface area contributed by atoms with E-state index in [1.54, 1.807) is 30.6 Å². The summed E-state index contributed by atoms with van der Waals surface area (Å²) in [6, 6.07) is 5.35. The number of pyridine rings is 1. The van der Waals surface area contributed by atoms with Gasteiger partial charge in [0.25, 0.3) is 5.69 Å². The quantitative estimate of drug-likeness (QED) is 0.660. The maximum absolute atomic E-state index is 11.1. The minimum absolute atomic E-state index is 0.116. The van der Waals surface area contributed by atoms with Gasteiger partial charge >= 0.3 is 0 Å². The van der Waals surface area contributed by atoms with Gasteiger partial charge in [0.1, 0.15) is 0 Å². The summed E-state index contributed by atoms with van der Waals surface area (Å²) in [6.07, 6.45) is 4.26. The van der Waals surface area contributed by atoms with Crippen molar-refractivity contribution in [2.75, 3.05) is 5.32 Å². The molecule has 2 aromatic rings. The van der Waals surface area contributed by atoms with E-state index in [0.29, 0.717) is 17.3 Å². The second-order valence-electron chi connectivity index (χ2n) is 5.21. The average molecular weight is 273 g/mol. The van der Waals surface area contributed by atoms with Gasteiger partial charge in [-0.3, -0.25) is 15.1 Å². The average Bonchev–Trinajstić information content (AvgIpc) is 2.43. The Morgan fingerprint density at radius 2 is 2.05 bits per heavy atom. The Kier molecular flexibility index (Phi) is 4.17. The lowest BCUT2D eigenvalue weighted by molar-refractivity contribution is -0.383. The highest BCUT2D eigenvalue weighted by atomic mass is 16.6. The molecule has 0 saturated heterocycles. The summed E-state index contributed by atoms with van der Waals surface area (Å²) in [5.41, 5.74) is 1.02. The number of benzene rings is 1. The predicted octanol–water partition coefficient (Wildman–Crippen LogP) is 3.99. The number of fused-ring (bicyclic) bond motifs is 1. The summed E-state index contributed by atoms with van der Waals surface area (Å²) in [5, 5.41) is 16.0. The summed E-state index contributed by atoms with van der Waals surface area (Å²) >= 11 is 0. The van der Waals surface area contributed by atoms with Crippen LogP contribution in [0.4, 0.5) is 11.4 Å². The van der Waals surface area contributed by atoms with Gasteiger partial charge in [-0.15, -0.1) is 0 Å². The van der Waals surface area contributed by atoms with E-state index in [1.165, 1.54) is 0 Å². The normalized spacial score (nSPS) is 12.6. The lowest BCUT2D eigenvalue weighted by Gasteiger charge is -2.22. The molecule has 1 heterocycles. The van der Waals surface area contributed by atoms with Crippen LogP contribution in [0.5, 0.6) is 0 Å². The zero-order chi connectivity index (χ0) is 14.7. The number of rotatable bonds is 5. The largest absolute Gasteiger partial charge is 0.382 e. The van der Waals surface area contributed by atoms with Crippen LogP contribution in [0, 0.1) is 16.0 Å². The molecule has 1 aromatic heterocycles. The van der Waals surface area contributed by atoms with Crippen LogP contribution in [0.1, 0.15) is 27.2 Å². The van der Waals surface area contributed by atoms with E-state index in [1.807, 2.05) is 0 Å². The molecular formula is C15H19N3O2. The first-order valence-electron chi connectivity index (χ1n) is 6.82. The molecule has 1 aromatic carbocycles. The van der Waals surface area contributed by atoms with Crippen LogP contribution in [-0.2, 0) is 0 Å². The number of nitrogens with one attached hydrogen (secondary N) is 1. The Labute approximate surface area is 118 Å². The molecular weight excluding hydrogens is 254 g/mol. The Bertz CT molecular complexity index is 626. The van der Waals surface area contributed by atoms with Crippen molar-refractivity contribution in [3.05, 3.63) is 40.7 Å². The second kappa shape index (κ2) is 5.86. The van der Waals surface area contributed by atoms with Gasteiger partial charge in [0, 0.05) is 35.6 Å². The van der Waals surface area contributed by atoms with Crippen molar-refractivity contribution >= 4 is 22.1 Å². The van der Waals surface area contributed by atoms with Gasteiger partial charge in [-0.05, 0) is 24.5 Å². The lowest BCUT2D eigenvalue weighted by atomic mass is 10.0. The van der Waals surface area contributed by atoms with Crippen molar-refractivity contribution in [3.63, 3.8) is 0 Å². The Hall–Kier alpha value is -2.17. The molecule has 0 saturated carbocycles. The molecule has 1 unspecified atom stereocenters. The third kappa shape index (κ3) is 2.71. The molecule has 0 amide bonds. The Balaban J connectivity index is 2.50. The number of hydrogen-bond donors (Lipinski definition) is 1. The van der Waals surface area contributed by atoms with Crippen LogP contribution in [0.15, 0.2) is 30.6 Å². The van der Waals surface area contributed by atoms with Gasteiger partial charge in [0.15, 0.2) is 0 Å². The van der Waals surface area contributed by atoms with Gasteiger partial charge < -0.3 is 5.32 Å². The first-order chi connectivity index (χ1) is 9.54. The fraction of sp³-hybridized carbons (Fsp3) is 0.400. The number of nitrogens with zero attached hydrogens (tertiary/aromatic N) is 2. The van der Waals surface area contributed by atoms with Crippen LogP contribution in [0.3, 0.4) is 0 Å². The number of aromatic nitrogens is 1. The zero-order valence-electron chi connectivity index (χ0n) is 12.0. The first kappa shape index (κ1) is 14.2. The minimum atomic E-state index is -0.355. The zero-order valence-corrected chi connectivity index (χ0v) is 12.0. The SMILES string of the molecule is CCC(Nc1ccc([N+](=O)[O-])c2ccncc12)C(C)C. The van der Waals surface area contributed by atoms with E-state index < -0.39 is 0 Å². The third-order valence-corrected chi connectivity index (χ3v) is 3.58. The summed E-state index contributed by atoms with van der Waals surface area (Å²) in [4.78, 5) is 14.8. The van der Waals surface area contributed by atoms with Crippen molar-refractivity contribution in [1.29, 1.82) is 0 Å². The third-order valence-electron chi connectivity index (χ3n) is 3.58. The maximum Gasteiger partial charge on any atom is 0.277 e. The summed E-state index contributed by atoms with van der Waals surface area (Å²) < 4.78 is 0. The molecule has 106 valence electrons. The molecule has 0 radical (unpaired) electrons. The van der Waals surface area contributed by atoms with Gasteiger partial charge in [-0.25, -0.2) is 0 Å². The number of nitro groups is 1. The molecule has 0 spiro atoms. The maximum atomic E-state index is 11.1. The van der Waals surface area contributed by atoms with E-state index in [9.17, 15) is 10.1 Å². The van der Waals surface area contributed by atoms with E-state index in [4.69, 9.17) is 0 Å². The molecule has 5 heteroatoms. The Morgan fingerprint density at radius 1 is 1.30 bits per heavy atom. The van der Waals surface area contributed by atoms with Gasteiger partial charge in [0.05, 0.1) is 10.3 Å². The van der Waals surface area contributed by atoms with E-state index >= 15 is 0 Å². The minimum Gasteiger partial charge on any atom is -0.382 e. The van der Waals surface area contributed by atoms with Gasteiger partial charge in [-0.2, -0.15) is 0 Å². The smallest absolute Gasteiger partial charge is 0.277 e. The second-order valence-corrected chi connectivity index (χ2v) is 5.21. The molecule has 2 rings (SSSR count). The Morgan fingerprint density at radius 3 is 2.65 bits per heavy atom. The van der Waals surface area contributed by atoms with Crippen molar-refractivity contribution in [2.45, 2.75) is 33.2 Å². The van der Waals surface area contributed by atoms with Crippen LogP contribution in [0.2, 0.25) is 0 Å². The predicted molar refractivity (Wildman–Crippen MR) is 80.9 cm³/mol. The molecule has 1 N–H and O–H groups in total. The molecule has 0 aliphatic rings. The van der Waals surface area contributed by atoms with Crippen LogP contribution < -0.4 is 5.32 Å². The molecule has 5 nitrogen and oxygen atoms in total. The highest BCUT2D eigenvalue weighted by Gasteiger charge is 2.17. The van der Waals surface area contributed by atoms with E-state index in [-0.39, 0.29) is 10.6 Å². The first-order valence-corrected chi connectivity index (χ1v) is 6.82. The molecule has 0 bridgehead atoms.